The minimum absolute atomic E-state index is 0.0142. The van der Waals surface area contributed by atoms with Crippen LogP contribution in [0, 0.1) is 0 Å². The van der Waals surface area contributed by atoms with Crippen LogP contribution in [0.1, 0.15) is 37.5 Å². The number of hydrogen-bond donors (Lipinski definition) is 0. The van der Waals surface area contributed by atoms with Crippen molar-refractivity contribution in [3.63, 3.8) is 0 Å². The molecule has 2 aromatic carbocycles. The van der Waals surface area contributed by atoms with Crippen molar-refractivity contribution in [2.45, 2.75) is 43.6 Å². The van der Waals surface area contributed by atoms with Crippen LogP contribution in [0.5, 0.6) is 0 Å². The van der Waals surface area contributed by atoms with Crippen molar-refractivity contribution in [1.29, 1.82) is 0 Å². The molecule has 5 nitrogen and oxygen atoms in total. The average Bonchev–Trinajstić information content (AvgIpc) is 3.12. The highest BCUT2D eigenvalue weighted by Crippen LogP contribution is 2.37. The van der Waals surface area contributed by atoms with Crippen LogP contribution >= 0.6 is 23.4 Å². The number of fused-ring (bicyclic) bond motifs is 3. The van der Waals surface area contributed by atoms with Gasteiger partial charge in [-0.15, -0.1) is 10.2 Å². The van der Waals surface area contributed by atoms with Crippen LogP contribution in [0.25, 0.3) is 16.7 Å². The summed E-state index contributed by atoms with van der Waals surface area (Å²) in [6.45, 7) is 4.84. The number of unbranched alkanes of at least 4 members (excludes halogenated alkanes) is 1. The molecule has 7 heteroatoms. The largest absolute Gasteiger partial charge is 0.276 e. The lowest BCUT2D eigenvalue weighted by Crippen LogP contribution is -2.23. The van der Waals surface area contributed by atoms with Gasteiger partial charge < -0.3 is 0 Å². The van der Waals surface area contributed by atoms with Crippen molar-refractivity contribution in [3.8, 4) is 0 Å². The average molecular weight is 413 g/mol. The highest BCUT2D eigenvalue weighted by atomic mass is 35.5. The SMILES string of the molecule is CCCCn1c(=O)c2ccccc2n2c(S[C@@H](C)c3ccccc3Cl)nnc12. The van der Waals surface area contributed by atoms with Crippen molar-refractivity contribution < 1.29 is 0 Å². The normalized spacial score (nSPS) is 12.7. The number of halogens is 1. The zero-order valence-corrected chi connectivity index (χ0v) is 17.4. The van der Waals surface area contributed by atoms with E-state index in [2.05, 4.69) is 24.0 Å². The molecule has 2 aromatic heterocycles. The second-order valence-corrected chi connectivity index (χ2v) is 8.44. The van der Waals surface area contributed by atoms with Gasteiger partial charge in [0.2, 0.25) is 5.78 Å². The van der Waals surface area contributed by atoms with Gasteiger partial charge in [0.15, 0.2) is 5.16 Å². The summed E-state index contributed by atoms with van der Waals surface area (Å²) in [6.07, 6.45) is 1.92. The second-order valence-electron chi connectivity index (χ2n) is 6.73. The molecule has 1 atom stereocenters. The molecule has 0 aliphatic rings. The number of rotatable bonds is 6. The molecule has 4 rings (SSSR count). The molecule has 4 aromatic rings. The van der Waals surface area contributed by atoms with Gasteiger partial charge in [-0.2, -0.15) is 0 Å². The molecule has 0 N–H and O–H groups in total. The molecule has 0 fully saturated rings. The van der Waals surface area contributed by atoms with Gasteiger partial charge in [-0.25, -0.2) is 0 Å². The third-order valence-corrected chi connectivity index (χ3v) is 6.27. The van der Waals surface area contributed by atoms with E-state index < -0.39 is 0 Å². The minimum Gasteiger partial charge on any atom is -0.276 e. The summed E-state index contributed by atoms with van der Waals surface area (Å²) < 4.78 is 3.73. The summed E-state index contributed by atoms with van der Waals surface area (Å²) in [6, 6.07) is 15.5. The molecule has 0 unspecified atom stereocenters. The lowest BCUT2D eigenvalue weighted by atomic mass is 10.2. The summed E-state index contributed by atoms with van der Waals surface area (Å²) in [5.74, 6) is 0.589. The lowest BCUT2D eigenvalue weighted by Gasteiger charge is -2.14. The molecule has 0 aliphatic heterocycles. The van der Waals surface area contributed by atoms with E-state index >= 15 is 0 Å². The zero-order chi connectivity index (χ0) is 19.7. The maximum Gasteiger partial charge on any atom is 0.262 e. The fraction of sp³-hybridized carbons (Fsp3) is 0.286. The standard InChI is InChI=1S/C21H21ClN4OS/c1-3-4-13-25-19(27)16-10-6-8-12-18(16)26-20(25)23-24-21(26)28-14(2)15-9-5-7-11-17(15)22/h5-12,14H,3-4,13H2,1-2H3/t14-/m0/s1. The first-order valence-electron chi connectivity index (χ1n) is 9.39. The van der Waals surface area contributed by atoms with Crippen LogP contribution in [0.2, 0.25) is 5.02 Å². The van der Waals surface area contributed by atoms with E-state index in [-0.39, 0.29) is 10.8 Å². The molecule has 144 valence electrons. The fourth-order valence-electron chi connectivity index (χ4n) is 3.35. The molecular formula is C21H21ClN4OS. The highest BCUT2D eigenvalue weighted by molar-refractivity contribution is 7.99. The van der Waals surface area contributed by atoms with Crippen LogP contribution in [0.4, 0.5) is 0 Å². The molecule has 0 spiro atoms. The number of benzene rings is 2. The monoisotopic (exact) mass is 412 g/mol. The first kappa shape index (κ1) is 19.0. The number of thioether (sulfide) groups is 1. The predicted molar refractivity (Wildman–Crippen MR) is 115 cm³/mol. The summed E-state index contributed by atoms with van der Waals surface area (Å²) in [5.41, 5.74) is 1.86. The minimum atomic E-state index is -0.0142. The van der Waals surface area contributed by atoms with Crippen LogP contribution in [0.3, 0.4) is 0 Å². The Morgan fingerprint density at radius 2 is 1.86 bits per heavy atom. The van der Waals surface area contributed by atoms with Gasteiger partial charge in [0.1, 0.15) is 0 Å². The predicted octanol–water partition coefficient (Wildman–Crippen LogP) is 5.35. The molecule has 2 heterocycles. The molecule has 0 saturated carbocycles. The maximum absolute atomic E-state index is 13.0. The first-order valence-corrected chi connectivity index (χ1v) is 10.6. The third-order valence-electron chi connectivity index (χ3n) is 4.84. The van der Waals surface area contributed by atoms with Gasteiger partial charge >= 0.3 is 0 Å². The van der Waals surface area contributed by atoms with E-state index in [0.717, 1.165) is 34.1 Å². The first-order chi connectivity index (χ1) is 13.6. The van der Waals surface area contributed by atoms with Crippen molar-refractivity contribution in [3.05, 3.63) is 69.5 Å². The molecule has 0 aliphatic carbocycles. The van der Waals surface area contributed by atoms with E-state index in [1.165, 1.54) is 0 Å². The second kappa shape index (κ2) is 7.97. The molecule has 0 saturated heterocycles. The van der Waals surface area contributed by atoms with Crippen molar-refractivity contribution in [2.24, 2.45) is 0 Å². The summed E-state index contributed by atoms with van der Waals surface area (Å²) in [7, 11) is 0. The van der Waals surface area contributed by atoms with Gasteiger partial charge in [0.25, 0.3) is 5.56 Å². The Kier molecular flexibility index (Phi) is 5.42. The van der Waals surface area contributed by atoms with Gasteiger partial charge in [-0.1, -0.05) is 67.0 Å². The lowest BCUT2D eigenvalue weighted by molar-refractivity contribution is 0.620. The van der Waals surface area contributed by atoms with Crippen molar-refractivity contribution in [2.75, 3.05) is 0 Å². The Labute approximate surface area is 172 Å². The Morgan fingerprint density at radius 1 is 1.11 bits per heavy atom. The summed E-state index contributed by atoms with van der Waals surface area (Å²) >= 11 is 7.96. The Balaban J connectivity index is 1.88. The Morgan fingerprint density at radius 3 is 2.64 bits per heavy atom. The Hall–Kier alpha value is -2.31. The zero-order valence-electron chi connectivity index (χ0n) is 15.8. The van der Waals surface area contributed by atoms with Gasteiger partial charge in [-0.3, -0.25) is 13.8 Å². The Bertz CT molecular complexity index is 1200. The van der Waals surface area contributed by atoms with Crippen molar-refractivity contribution >= 4 is 40.0 Å². The number of hydrogen-bond acceptors (Lipinski definition) is 4. The maximum atomic E-state index is 13.0. The van der Waals surface area contributed by atoms with Crippen LogP contribution < -0.4 is 5.56 Å². The number of aryl methyl sites for hydroxylation is 1. The smallest absolute Gasteiger partial charge is 0.262 e. The number of aromatic nitrogens is 4. The number of nitrogens with zero attached hydrogens (tertiary/aromatic N) is 4. The van der Waals surface area contributed by atoms with Crippen LogP contribution in [-0.2, 0) is 6.54 Å². The third kappa shape index (κ3) is 3.31. The summed E-state index contributed by atoms with van der Waals surface area (Å²) in [5, 5.41) is 11.1. The summed E-state index contributed by atoms with van der Waals surface area (Å²) in [4.78, 5) is 13.0. The van der Waals surface area contributed by atoms with E-state index in [0.29, 0.717) is 17.7 Å². The van der Waals surface area contributed by atoms with Crippen molar-refractivity contribution in [1.82, 2.24) is 19.2 Å². The quantitative estimate of drug-likeness (QED) is 0.400. The fourth-order valence-corrected chi connectivity index (χ4v) is 4.74. The van der Waals surface area contributed by atoms with Gasteiger partial charge in [0.05, 0.1) is 10.9 Å². The van der Waals surface area contributed by atoms with E-state index in [4.69, 9.17) is 11.6 Å². The molecule has 0 radical (unpaired) electrons. The molecule has 28 heavy (non-hydrogen) atoms. The van der Waals surface area contributed by atoms with Gasteiger partial charge in [-0.05, 0) is 37.1 Å². The van der Waals surface area contributed by atoms with Gasteiger partial charge in [0, 0.05) is 16.8 Å². The molecule has 0 bridgehead atoms. The molecule has 0 amide bonds. The van der Waals surface area contributed by atoms with Crippen LogP contribution in [0.15, 0.2) is 58.5 Å². The molecular weight excluding hydrogens is 392 g/mol. The topological polar surface area (TPSA) is 52.2 Å². The van der Waals surface area contributed by atoms with E-state index in [1.54, 1.807) is 16.3 Å². The number of para-hydroxylation sites is 1. The highest BCUT2D eigenvalue weighted by Gasteiger charge is 2.19. The van der Waals surface area contributed by atoms with E-state index in [9.17, 15) is 4.79 Å². The van der Waals surface area contributed by atoms with Crippen LogP contribution in [-0.4, -0.2) is 19.2 Å². The van der Waals surface area contributed by atoms with E-state index in [1.807, 2.05) is 52.9 Å².